The topological polar surface area (TPSA) is 89.5 Å². The molecule has 3 aromatic rings. The number of pyridine rings is 1. The Labute approximate surface area is 206 Å². The Morgan fingerprint density at radius 1 is 1.11 bits per heavy atom. The highest BCUT2D eigenvalue weighted by atomic mass is 19.4. The lowest BCUT2D eigenvalue weighted by Gasteiger charge is -2.19. The van der Waals surface area contributed by atoms with Crippen molar-refractivity contribution in [3.8, 4) is 22.8 Å². The van der Waals surface area contributed by atoms with E-state index < -0.39 is 18.0 Å². The van der Waals surface area contributed by atoms with Crippen LogP contribution >= 0.6 is 0 Å². The van der Waals surface area contributed by atoms with Gasteiger partial charge in [0.25, 0.3) is 5.91 Å². The predicted molar refractivity (Wildman–Crippen MR) is 128 cm³/mol. The molecule has 0 unspecified atom stereocenters. The monoisotopic (exact) mass is 499 g/mol. The Morgan fingerprint density at radius 3 is 2.50 bits per heavy atom. The molecule has 11 heteroatoms. The molecule has 0 aliphatic heterocycles. The van der Waals surface area contributed by atoms with Crippen LogP contribution in [-0.4, -0.2) is 46.2 Å². The number of nitrogens with zero attached hydrogens (tertiary/aromatic N) is 4. The molecular formula is C25H24F3N5O3. The third-order valence-corrected chi connectivity index (χ3v) is 4.72. The van der Waals surface area contributed by atoms with Gasteiger partial charge in [-0.3, -0.25) is 14.8 Å². The summed E-state index contributed by atoms with van der Waals surface area (Å²) in [5.74, 6) is -0.0884. The van der Waals surface area contributed by atoms with E-state index in [4.69, 9.17) is 4.74 Å². The first kappa shape index (κ1) is 26.2. The summed E-state index contributed by atoms with van der Waals surface area (Å²) in [6.07, 6.45) is 5.83. The van der Waals surface area contributed by atoms with Crippen LogP contribution in [0, 0.1) is 6.92 Å². The molecule has 2 heterocycles. The standard InChI is InChI=1S/C25H24F3N5O3/c1-5-6-7-23(33(3)4)35-17-8-9-21(36-25(26,27)28)18(12-17)20-14-31-22(15-30-20)32-24(34)19-13-29-11-10-16(19)2/h5-15H,1-4H3,(H,31,32,34)/b6-5-,23-7+. The van der Waals surface area contributed by atoms with E-state index in [1.807, 2.05) is 13.0 Å². The van der Waals surface area contributed by atoms with E-state index in [2.05, 4.69) is 25.0 Å². The van der Waals surface area contributed by atoms with Crippen LogP contribution in [0.5, 0.6) is 11.5 Å². The Kier molecular flexibility index (Phi) is 8.26. The van der Waals surface area contributed by atoms with Crippen molar-refractivity contribution in [3.63, 3.8) is 0 Å². The third-order valence-electron chi connectivity index (χ3n) is 4.72. The summed E-state index contributed by atoms with van der Waals surface area (Å²) in [5, 5.41) is 2.59. The average molecular weight is 499 g/mol. The highest BCUT2D eigenvalue weighted by molar-refractivity contribution is 6.04. The summed E-state index contributed by atoms with van der Waals surface area (Å²) in [4.78, 5) is 26.4. The molecule has 3 rings (SSSR count). The lowest BCUT2D eigenvalue weighted by atomic mass is 10.1. The Morgan fingerprint density at radius 2 is 1.89 bits per heavy atom. The third kappa shape index (κ3) is 7.05. The molecule has 0 radical (unpaired) electrons. The number of hydrogen-bond donors (Lipinski definition) is 1. The van der Waals surface area contributed by atoms with Crippen LogP contribution in [-0.2, 0) is 0 Å². The van der Waals surface area contributed by atoms with Gasteiger partial charge in [-0.05, 0) is 49.8 Å². The zero-order valence-corrected chi connectivity index (χ0v) is 20.0. The zero-order chi connectivity index (χ0) is 26.3. The van der Waals surface area contributed by atoms with Gasteiger partial charge >= 0.3 is 6.36 Å². The molecule has 0 bridgehead atoms. The van der Waals surface area contributed by atoms with Gasteiger partial charge in [0.05, 0.1) is 23.7 Å². The first-order chi connectivity index (χ1) is 17.1. The number of benzene rings is 1. The minimum Gasteiger partial charge on any atom is -0.441 e. The molecule has 0 saturated heterocycles. The number of anilines is 1. The molecule has 188 valence electrons. The van der Waals surface area contributed by atoms with Gasteiger partial charge in [0.15, 0.2) is 11.7 Å². The number of alkyl halides is 3. The number of carbonyl (C=O) groups excluding carboxylic acids is 1. The van der Waals surface area contributed by atoms with Gasteiger partial charge < -0.3 is 19.7 Å². The van der Waals surface area contributed by atoms with E-state index in [1.54, 1.807) is 50.3 Å². The number of amides is 1. The van der Waals surface area contributed by atoms with Crippen molar-refractivity contribution in [1.82, 2.24) is 19.9 Å². The number of allylic oxidation sites excluding steroid dienone is 3. The maximum atomic E-state index is 13.0. The maximum Gasteiger partial charge on any atom is 0.573 e. The van der Waals surface area contributed by atoms with E-state index in [0.717, 1.165) is 11.6 Å². The summed E-state index contributed by atoms with van der Waals surface area (Å²) in [6.45, 7) is 3.60. The average Bonchev–Trinajstić information content (AvgIpc) is 2.82. The van der Waals surface area contributed by atoms with Gasteiger partial charge in [-0.2, -0.15) is 0 Å². The minimum absolute atomic E-state index is 0.00226. The second-order valence-electron chi connectivity index (χ2n) is 7.66. The lowest BCUT2D eigenvalue weighted by Crippen LogP contribution is -2.18. The fourth-order valence-electron chi connectivity index (χ4n) is 2.98. The van der Waals surface area contributed by atoms with Gasteiger partial charge in [-0.15, -0.1) is 13.2 Å². The Hall–Kier alpha value is -4.41. The molecule has 0 aliphatic rings. The molecule has 1 amide bonds. The van der Waals surface area contributed by atoms with Crippen LogP contribution in [0.1, 0.15) is 22.8 Å². The highest BCUT2D eigenvalue weighted by Gasteiger charge is 2.32. The molecule has 0 aliphatic carbocycles. The number of carbonyl (C=O) groups is 1. The number of nitrogens with one attached hydrogen (secondary N) is 1. The van der Waals surface area contributed by atoms with E-state index in [-0.39, 0.29) is 22.8 Å². The van der Waals surface area contributed by atoms with Gasteiger partial charge in [0.2, 0.25) is 0 Å². The minimum atomic E-state index is -4.92. The SMILES string of the molecule is C/C=C\C=C(\Oc1ccc(OC(F)(F)F)c(-c2cnc(NC(=O)c3cnccc3C)cn2)c1)N(C)C. The molecule has 8 nitrogen and oxygen atoms in total. The molecule has 0 fully saturated rings. The Bertz CT molecular complexity index is 1270. The molecule has 2 aromatic heterocycles. The summed E-state index contributed by atoms with van der Waals surface area (Å²) in [7, 11) is 3.53. The Balaban J connectivity index is 1.92. The second-order valence-corrected chi connectivity index (χ2v) is 7.66. The molecule has 36 heavy (non-hydrogen) atoms. The highest BCUT2D eigenvalue weighted by Crippen LogP contribution is 2.36. The number of rotatable bonds is 8. The van der Waals surface area contributed by atoms with Crippen molar-refractivity contribution in [1.29, 1.82) is 0 Å². The van der Waals surface area contributed by atoms with Crippen molar-refractivity contribution in [2.24, 2.45) is 0 Å². The van der Waals surface area contributed by atoms with Gasteiger partial charge in [0.1, 0.15) is 11.5 Å². The number of aryl methyl sites for hydroxylation is 1. The number of halogens is 3. The van der Waals surface area contributed by atoms with Gasteiger partial charge in [-0.25, -0.2) is 4.98 Å². The number of aromatic nitrogens is 3. The van der Waals surface area contributed by atoms with Gasteiger partial charge in [-0.1, -0.05) is 12.2 Å². The van der Waals surface area contributed by atoms with E-state index in [9.17, 15) is 18.0 Å². The molecule has 0 spiro atoms. The summed E-state index contributed by atoms with van der Waals surface area (Å²) < 4.78 is 49.1. The van der Waals surface area contributed by atoms with Crippen LogP contribution in [0.4, 0.5) is 19.0 Å². The first-order valence-corrected chi connectivity index (χ1v) is 10.7. The number of hydrogen-bond acceptors (Lipinski definition) is 7. The van der Waals surface area contributed by atoms with E-state index >= 15 is 0 Å². The van der Waals surface area contributed by atoms with E-state index in [1.165, 1.54) is 30.7 Å². The van der Waals surface area contributed by atoms with Crippen LogP contribution in [0.2, 0.25) is 0 Å². The lowest BCUT2D eigenvalue weighted by molar-refractivity contribution is -0.274. The molecule has 0 saturated carbocycles. The number of ether oxygens (including phenoxy) is 2. The smallest absolute Gasteiger partial charge is 0.441 e. The fourth-order valence-corrected chi connectivity index (χ4v) is 2.98. The van der Waals surface area contributed by atoms with E-state index in [0.29, 0.717) is 11.4 Å². The van der Waals surface area contributed by atoms with Crippen LogP contribution in [0.3, 0.4) is 0 Å². The van der Waals surface area contributed by atoms with Crippen molar-refractivity contribution < 1.29 is 27.4 Å². The largest absolute Gasteiger partial charge is 0.573 e. The summed E-state index contributed by atoms with van der Waals surface area (Å²) in [6, 6.07) is 5.56. The van der Waals surface area contributed by atoms with Crippen molar-refractivity contribution in [3.05, 3.63) is 84.3 Å². The predicted octanol–water partition coefficient (Wildman–Crippen LogP) is 5.36. The van der Waals surface area contributed by atoms with Crippen LogP contribution in [0.25, 0.3) is 11.3 Å². The second kappa shape index (κ2) is 11.3. The molecular weight excluding hydrogens is 475 g/mol. The molecule has 0 atom stereocenters. The van der Waals surface area contributed by atoms with Crippen molar-refractivity contribution >= 4 is 11.7 Å². The van der Waals surface area contributed by atoms with Gasteiger partial charge in [0, 0.05) is 32.1 Å². The molecule has 1 N–H and O–H groups in total. The maximum absolute atomic E-state index is 13.0. The fraction of sp³-hybridized carbons (Fsp3) is 0.200. The van der Waals surface area contributed by atoms with Crippen molar-refractivity contribution in [2.75, 3.05) is 19.4 Å². The summed E-state index contributed by atoms with van der Waals surface area (Å²) in [5.41, 5.74) is 1.16. The summed E-state index contributed by atoms with van der Waals surface area (Å²) >= 11 is 0. The zero-order valence-electron chi connectivity index (χ0n) is 20.0. The first-order valence-electron chi connectivity index (χ1n) is 10.7. The van der Waals surface area contributed by atoms with Crippen molar-refractivity contribution in [2.45, 2.75) is 20.2 Å². The normalized spacial score (nSPS) is 11.9. The van der Waals surface area contributed by atoms with Crippen LogP contribution < -0.4 is 14.8 Å². The molecule has 1 aromatic carbocycles. The van der Waals surface area contributed by atoms with Crippen LogP contribution in [0.15, 0.2) is 73.2 Å². The quantitative estimate of drug-likeness (QED) is 0.330.